The molecule has 1 atom stereocenters. The molecule has 0 saturated heterocycles. The van der Waals surface area contributed by atoms with Crippen LogP contribution >= 0.6 is 34.8 Å². The van der Waals surface area contributed by atoms with Crippen LogP contribution in [0, 0.1) is 0 Å². The molecule has 2 aromatic carbocycles. The van der Waals surface area contributed by atoms with Gasteiger partial charge in [0.15, 0.2) is 0 Å². The Morgan fingerprint density at radius 3 is 2.42 bits per heavy atom. The van der Waals surface area contributed by atoms with E-state index in [1.807, 2.05) is 36.4 Å². The Morgan fingerprint density at radius 1 is 1.05 bits per heavy atom. The second-order valence-corrected chi connectivity index (χ2v) is 5.43. The molecule has 0 N–H and O–H groups in total. The quantitative estimate of drug-likeness (QED) is 0.719. The van der Waals surface area contributed by atoms with Crippen LogP contribution in [0.1, 0.15) is 17.0 Å². The van der Waals surface area contributed by atoms with Crippen molar-refractivity contribution in [3.8, 4) is 0 Å². The van der Waals surface area contributed by atoms with E-state index < -0.39 is 11.2 Å². The SMILES string of the molecule is O=C(Cl)C(Cc1cccc(Cl)c1)c1ccccc1Cl. The number of halogens is 3. The van der Waals surface area contributed by atoms with Crippen LogP contribution in [0.25, 0.3) is 0 Å². The van der Waals surface area contributed by atoms with E-state index >= 15 is 0 Å². The zero-order valence-electron chi connectivity index (χ0n) is 9.95. The Balaban J connectivity index is 2.32. The summed E-state index contributed by atoms with van der Waals surface area (Å²) in [5, 5.41) is 0.758. The minimum Gasteiger partial charge on any atom is -0.281 e. The van der Waals surface area contributed by atoms with Crippen LogP contribution in [0.5, 0.6) is 0 Å². The van der Waals surface area contributed by atoms with Crippen molar-refractivity contribution in [1.29, 1.82) is 0 Å². The number of carbonyl (C=O) groups is 1. The topological polar surface area (TPSA) is 17.1 Å². The first-order valence-corrected chi connectivity index (χ1v) is 6.89. The highest BCUT2D eigenvalue weighted by molar-refractivity contribution is 6.64. The number of carbonyl (C=O) groups excluding carboxylic acids is 1. The summed E-state index contributed by atoms with van der Waals surface area (Å²) in [6.07, 6.45) is 0.479. The number of hydrogen-bond acceptors (Lipinski definition) is 1. The van der Waals surface area contributed by atoms with Crippen molar-refractivity contribution in [2.75, 3.05) is 0 Å². The molecule has 4 heteroatoms. The van der Waals surface area contributed by atoms with Crippen molar-refractivity contribution >= 4 is 40.0 Å². The minimum atomic E-state index is -0.464. The van der Waals surface area contributed by atoms with Gasteiger partial charge in [0.25, 0.3) is 0 Å². The van der Waals surface area contributed by atoms with Crippen LogP contribution < -0.4 is 0 Å². The van der Waals surface area contributed by atoms with Crippen molar-refractivity contribution in [3.05, 3.63) is 69.7 Å². The van der Waals surface area contributed by atoms with Gasteiger partial charge >= 0.3 is 0 Å². The molecule has 0 fully saturated rings. The third kappa shape index (κ3) is 3.73. The zero-order valence-corrected chi connectivity index (χ0v) is 12.2. The Kier molecular flexibility index (Phi) is 4.87. The van der Waals surface area contributed by atoms with Gasteiger partial charge in [0.1, 0.15) is 0 Å². The van der Waals surface area contributed by atoms with Crippen LogP contribution in [0.2, 0.25) is 10.0 Å². The number of benzene rings is 2. The van der Waals surface area contributed by atoms with Gasteiger partial charge in [-0.15, -0.1) is 0 Å². The van der Waals surface area contributed by atoms with Gasteiger partial charge in [0.05, 0.1) is 5.92 Å². The second kappa shape index (κ2) is 6.42. The minimum absolute atomic E-state index is 0.423. The van der Waals surface area contributed by atoms with E-state index in [2.05, 4.69) is 0 Å². The van der Waals surface area contributed by atoms with E-state index in [0.29, 0.717) is 16.5 Å². The average molecular weight is 314 g/mol. The first-order chi connectivity index (χ1) is 9.08. The molecule has 0 aliphatic rings. The van der Waals surface area contributed by atoms with E-state index in [1.165, 1.54) is 0 Å². The van der Waals surface area contributed by atoms with Gasteiger partial charge in [-0.25, -0.2) is 0 Å². The van der Waals surface area contributed by atoms with Crippen molar-refractivity contribution in [2.24, 2.45) is 0 Å². The summed E-state index contributed by atoms with van der Waals surface area (Å²) < 4.78 is 0. The van der Waals surface area contributed by atoms with Gasteiger partial charge in [0.2, 0.25) is 5.24 Å². The molecule has 0 spiro atoms. The van der Waals surface area contributed by atoms with E-state index in [0.717, 1.165) is 11.1 Å². The summed E-state index contributed by atoms with van der Waals surface area (Å²) in [5.74, 6) is -0.464. The van der Waals surface area contributed by atoms with Crippen LogP contribution in [-0.2, 0) is 11.2 Å². The van der Waals surface area contributed by atoms with Crippen LogP contribution in [0.15, 0.2) is 48.5 Å². The fraction of sp³-hybridized carbons (Fsp3) is 0.133. The predicted octanol–water partition coefficient (Wildman–Crippen LogP) is 5.09. The largest absolute Gasteiger partial charge is 0.281 e. The fourth-order valence-electron chi connectivity index (χ4n) is 1.97. The Hall–Kier alpha value is -1.02. The molecule has 0 saturated carbocycles. The standard InChI is InChI=1S/C15H11Cl3O/c16-11-5-3-4-10(8-11)9-13(15(18)19)12-6-1-2-7-14(12)17/h1-8,13H,9H2. The van der Waals surface area contributed by atoms with Gasteiger partial charge in [-0.1, -0.05) is 53.5 Å². The maximum atomic E-state index is 11.7. The van der Waals surface area contributed by atoms with E-state index in [4.69, 9.17) is 34.8 Å². The Labute approximate surface area is 127 Å². The van der Waals surface area contributed by atoms with Crippen LogP contribution in [-0.4, -0.2) is 5.24 Å². The van der Waals surface area contributed by atoms with E-state index in [9.17, 15) is 4.79 Å². The van der Waals surface area contributed by atoms with Gasteiger partial charge in [-0.3, -0.25) is 4.79 Å². The molecular weight excluding hydrogens is 303 g/mol. The molecule has 1 nitrogen and oxygen atoms in total. The summed E-state index contributed by atoms with van der Waals surface area (Å²) in [5.41, 5.74) is 1.69. The van der Waals surface area contributed by atoms with Gasteiger partial charge < -0.3 is 0 Å². The van der Waals surface area contributed by atoms with Gasteiger partial charge in [-0.05, 0) is 47.3 Å². The number of hydrogen-bond donors (Lipinski definition) is 0. The third-order valence-electron chi connectivity index (χ3n) is 2.88. The lowest BCUT2D eigenvalue weighted by Gasteiger charge is -2.14. The molecule has 0 heterocycles. The first kappa shape index (κ1) is 14.4. The van der Waals surface area contributed by atoms with Crippen molar-refractivity contribution in [1.82, 2.24) is 0 Å². The lowest BCUT2D eigenvalue weighted by Crippen LogP contribution is -2.10. The first-order valence-electron chi connectivity index (χ1n) is 5.76. The van der Waals surface area contributed by atoms with Gasteiger partial charge in [0, 0.05) is 10.0 Å². The van der Waals surface area contributed by atoms with Crippen molar-refractivity contribution < 1.29 is 4.79 Å². The molecule has 0 aliphatic heterocycles. The van der Waals surface area contributed by atoms with Crippen LogP contribution in [0.3, 0.4) is 0 Å². The summed E-state index contributed by atoms with van der Waals surface area (Å²) in [4.78, 5) is 11.7. The summed E-state index contributed by atoms with van der Waals surface area (Å²) in [6, 6.07) is 14.6. The van der Waals surface area contributed by atoms with Crippen LogP contribution in [0.4, 0.5) is 0 Å². The third-order valence-corrected chi connectivity index (χ3v) is 3.73. The molecule has 2 aromatic rings. The average Bonchev–Trinajstić information content (AvgIpc) is 2.37. The fourth-order valence-corrected chi connectivity index (χ4v) is 2.64. The Bertz CT molecular complexity index is 595. The molecule has 19 heavy (non-hydrogen) atoms. The lowest BCUT2D eigenvalue weighted by atomic mass is 9.93. The molecule has 1 unspecified atom stereocenters. The molecule has 0 aliphatic carbocycles. The molecule has 0 bridgehead atoms. The van der Waals surface area contributed by atoms with Crippen molar-refractivity contribution in [2.45, 2.75) is 12.3 Å². The normalized spacial score (nSPS) is 12.2. The summed E-state index contributed by atoms with van der Waals surface area (Å²) >= 11 is 17.8. The highest BCUT2D eigenvalue weighted by Crippen LogP contribution is 2.29. The lowest BCUT2D eigenvalue weighted by molar-refractivity contribution is -0.113. The summed E-state index contributed by atoms with van der Waals surface area (Å²) in [6.45, 7) is 0. The maximum absolute atomic E-state index is 11.7. The highest BCUT2D eigenvalue weighted by Gasteiger charge is 2.21. The predicted molar refractivity (Wildman–Crippen MR) is 80.2 cm³/mol. The van der Waals surface area contributed by atoms with Crippen molar-refractivity contribution in [3.63, 3.8) is 0 Å². The summed E-state index contributed by atoms with van der Waals surface area (Å²) in [7, 11) is 0. The smallest absolute Gasteiger partial charge is 0.229 e. The molecular formula is C15H11Cl3O. The molecule has 0 aromatic heterocycles. The second-order valence-electron chi connectivity index (χ2n) is 4.21. The highest BCUT2D eigenvalue weighted by atomic mass is 35.5. The zero-order chi connectivity index (χ0) is 13.8. The maximum Gasteiger partial charge on any atom is 0.229 e. The van der Waals surface area contributed by atoms with E-state index in [1.54, 1.807) is 12.1 Å². The Morgan fingerprint density at radius 2 is 1.79 bits per heavy atom. The van der Waals surface area contributed by atoms with E-state index in [-0.39, 0.29) is 0 Å². The molecule has 0 amide bonds. The monoisotopic (exact) mass is 312 g/mol. The molecule has 0 radical (unpaired) electrons. The number of rotatable bonds is 4. The molecule has 2 rings (SSSR count). The molecule has 98 valence electrons. The van der Waals surface area contributed by atoms with Gasteiger partial charge in [-0.2, -0.15) is 0 Å².